The lowest BCUT2D eigenvalue weighted by molar-refractivity contribution is 0.254. The molecule has 4 N–H and O–H groups in total. The van der Waals surface area contributed by atoms with Crippen LogP contribution >= 0.6 is 12.4 Å². The van der Waals surface area contributed by atoms with Crippen molar-refractivity contribution in [1.82, 2.24) is 0 Å². The first-order valence-corrected chi connectivity index (χ1v) is 5.44. The molecule has 0 saturated heterocycles. The largest absolute Gasteiger partial charge is 0.370 e. The predicted octanol–water partition coefficient (Wildman–Crippen LogP) is 1.94. The van der Waals surface area contributed by atoms with Gasteiger partial charge in [-0.05, 0) is 31.9 Å². The molecule has 1 aromatic rings. The van der Waals surface area contributed by atoms with E-state index in [0.717, 1.165) is 16.8 Å². The average molecular weight is 271 g/mol. The molecule has 1 aromatic carbocycles. The Kier molecular flexibility index (Phi) is 6.19. The van der Waals surface area contributed by atoms with E-state index in [-0.39, 0.29) is 18.4 Å². The molecular weight excluding hydrogens is 252 g/mol. The third kappa shape index (κ3) is 3.63. The zero-order chi connectivity index (χ0) is 13.0. The van der Waals surface area contributed by atoms with Crippen molar-refractivity contribution in [3.8, 4) is 0 Å². The summed E-state index contributed by atoms with van der Waals surface area (Å²) in [5.41, 5.74) is 13.3. The number of benzene rings is 1. The first kappa shape index (κ1) is 16.2. The van der Waals surface area contributed by atoms with Crippen LogP contribution in [0.25, 0.3) is 0 Å². The highest BCUT2D eigenvalue weighted by atomic mass is 35.5. The smallest absolute Gasteiger partial charge is 0.351 e. The molecule has 0 atom stereocenters. The van der Waals surface area contributed by atoms with Gasteiger partial charge in [0.05, 0.1) is 5.69 Å². The van der Waals surface area contributed by atoms with Gasteiger partial charge in [-0.25, -0.2) is 4.79 Å². The summed E-state index contributed by atoms with van der Waals surface area (Å²) in [4.78, 5) is 17.0. The van der Waals surface area contributed by atoms with Gasteiger partial charge in [-0.1, -0.05) is 18.2 Å². The number of aliphatic imine (C=N–C) groups is 1. The van der Waals surface area contributed by atoms with Crippen LogP contribution in [0.4, 0.5) is 10.5 Å². The second kappa shape index (κ2) is 6.86. The second-order valence-electron chi connectivity index (χ2n) is 3.80. The molecule has 18 heavy (non-hydrogen) atoms. The van der Waals surface area contributed by atoms with Gasteiger partial charge in [-0.15, -0.1) is 12.4 Å². The zero-order valence-electron chi connectivity index (χ0n) is 10.8. The van der Waals surface area contributed by atoms with Crippen molar-refractivity contribution in [2.24, 2.45) is 16.5 Å². The third-order valence-corrected chi connectivity index (χ3v) is 2.48. The number of para-hydroxylation sites is 1. The van der Waals surface area contributed by atoms with Crippen molar-refractivity contribution >= 4 is 30.1 Å². The monoisotopic (exact) mass is 270 g/mol. The number of nitrogens with zero attached hydrogens (tertiary/aromatic N) is 2. The fourth-order valence-corrected chi connectivity index (χ4v) is 1.79. The van der Waals surface area contributed by atoms with Crippen LogP contribution in [0.2, 0.25) is 0 Å². The van der Waals surface area contributed by atoms with Crippen LogP contribution in [0.15, 0.2) is 23.2 Å². The maximum atomic E-state index is 11.9. The molecule has 0 aliphatic rings. The molecule has 6 heteroatoms. The van der Waals surface area contributed by atoms with E-state index in [1.807, 2.05) is 39.0 Å². The summed E-state index contributed by atoms with van der Waals surface area (Å²) in [7, 11) is 0. The lowest BCUT2D eigenvalue weighted by atomic mass is 10.1. The van der Waals surface area contributed by atoms with Crippen LogP contribution in [0.5, 0.6) is 0 Å². The molecule has 1 rings (SSSR count). The van der Waals surface area contributed by atoms with Crippen LogP contribution in [0, 0.1) is 13.8 Å². The summed E-state index contributed by atoms with van der Waals surface area (Å²) < 4.78 is 0. The summed E-state index contributed by atoms with van der Waals surface area (Å²) in [5, 5.41) is 0. The standard InChI is InChI=1S/C12H18N4O.ClH/c1-4-16(12(17)15-11(13)14)10-8(2)6-5-7-9(10)3;/h5-7H,4H2,1-3H3,(H4,13,14,15,17);1H. The minimum atomic E-state index is -0.440. The van der Waals surface area contributed by atoms with Crippen molar-refractivity contribution in [2.45, 2.75) is 20.8 Å². The molecule has 100 valence electrons. The number of guanidine groups is 1. The Morgan fingerprint density at radius 3 is 2.17 bits per heavy atom. The topological polar surface area (TPSA) is 84.7 Å². The van der Waals surface area contributed by atoms with Gasteiger partial charge in [0, 0.05) is 6.54 Å². The molecular formula is C12H19ClN4O. The van der Waals surface area contributed by atoms with E-state index in [4.69, 9.17) is 11.5 Å². The molecule has 5 nitrogen and oxygen atoms in total. The van der Waals surface area contributed by atoms with E-state index in [1.165, 1.54) is 0 Å². The third-order valence-electron chi connectivity index (χ3n) is 2.48. The van der Waals surface area contributed by atoms with Crippen LogP contribution in [0.3, 0.4) is 0 Å². The fraction of sp³-hybridized carbons (Fsp3) is 0.333. The van der Waals surface area contributed by atoms with Gasteiger partial charge >= 0.3 is 6.03 Å². The molecule has 0 heterocycles. The van der Waals surface area contributed by atoms with E-state index < -0.39 is 6.03 Å². The predicted molar refractivity (Wildman–Crippen MR) is 77.4 cm³/mol. The van der Waals surface area contributed by atoms with Gasteiger partial charge in [-0.3, -0.25) is 4.90 Å². The highest BCUT2D eigenvalue weighted by Gasteiger charge is 2.17. The number of halogens is 1. The minimum absolute atomic E-state index is 0. The Morgan fingerprint density at radius 1 is 1.28 bits per heavy atom. The normalized spacial score (nSPS) is 9.28. The highest BCUT2D eigenvalue weighted by molar-refractivity contribution is 6.00. The lowest BCUT2D eigenvalue weighted by Crippen LogP contribution is -2.33. The summed E-state index contributed by atoms with van der Waals surface area (Å²) in [6, 6.07) is 5.42. The molecule has 0 aliphatic carbocycles. The van der Waals surface area contributed by atoms with Crippen molar-refractivity contribution in [3.63, 3.8) is 0 Å². The SMILES string of the molecule is CCN(C(=O)N=C(N)N)c1c(C)cccc1C.Cl. The summed E-state index contributed by atoms with van der Waals surface area (Å²) in [5.74, 6) is -0.223. The van der Waals surface area contributed by atoms with Crippen molar-refractivity contribution in [1.29, 1.82) is 0 Å². The first-order valence-electron chi connectivity index (χ1n) is 5.44. The fourth-order valence-electron chi connectivity index (χ4n) is 1.79. The van der Waals surface area contributed by atoms with Gasteiger partial charge < -0.3 is 11.5 Å². The summed E-state index contributed by atoms with van der Waals surface area (Å²) in [6.07, 6.45) is 0. The van der Waals surface area contributed by atoms with E-state index in [1.54, 1.807) is 4.90 Å². The molecule has 0 aliphatic heterocycles. The number of hydrogen-bond acceptors (Lipinski definition) is 1. The van der Waals surface area contributed by atoms with Gasteiger partial charge in [0.2, 0.25) is 0 Å². The molecule has 0 radical (unpaired) electrons. The Balaban J connectivity index is 0.00000289. The molecule has 0 aromatic heterocycles. The van der Waals surface area contributed by atoms with E-state index in [0.29, 0.717) is 6.54 Å². The van der Waals surface area contributed by atoms with Crippen LogP contribution in [0.1, 0.15) is 18.1 Å². The number of nitrogens with two attached hydrogens (primary N) is 2. The van der Waals surface area contributed by atoms with Gasteiger partial charge in [0.15, 0.2) is 5.96 Å². The number of rotatable bonds is 2. The van der Waals surface area contributed by atoms with Crippen LogP contribution in [-0.2, 0) is 0 Å². The zero-order valence-corrected chi connectivity index (χ0v) is 11.6. The molecule has 0 unspecified atom stereocenters. The number of amides is 2. The number of hydrogen-bond donors (Lipinski definition) is 2. The van der Waals surface area contributed by atoms with E-state index in [2.05, 4.69) is 4.99 Å². The Bertz CT molecular complexity index is 435. The van der Waals surface area contributed by atoms with Crippen molar-refractivity contribution in [2.75, 3.05) is 11.4 Å². The summed E-state index contributed by atoms with van der Waals surface area (Å²) >= 11 is 0. The maximum absolute atomic E-state index is 11.9. The Labute approximate surface area is 113 Å². The molecule has 0 bridgehead atoms. The van der Waals surface area contributed by atoms with Crippen molar-refractivity contribution in [3.05, 3.63) is 29.3 Å². The molecule has 0 spiro atoms. The number of carbonyl (C=O) groups excluding carboxylic acids is 1. The van der Waals surface area contributed by atoms with Gasteiger partial charge in [-0.2, -0.15) is 4.99 Å². The number of anilines is 1. The Hall–Kier alpha value is -1.75. The van der Waals surface area contributed by atoms with Gasteiger partial charge in [0.1, 0.15) is 0 Å². The highest BCUT2D eigenvalue weighted by Crippen LogP contribution is 2.24. The van der Waals surface area contributed by atoms with Crippen LogP contribution in [-0.4, -0.2) is 18.5 Å². The lowest BCUT2D eigenvalue weighted by Gasteiger charge is -2.22. The number of aryl methyl sites for hydroxylation is 2. The second-order valence-corrected chi connectivity index (χ2v) is 3.80. The molecule has 2 amide bonds. The average Bonchev–Trinajstić information content (AvgIpc) is 2.22. The molecule has 0 fully saturated rings. The Morgan fingerprint density at radius 2 is 1.78 bits per heavy atom. The quantitative estimate of drug-likeness (QED) is 0.636. The number of carbonyl (C=O) groups is 1. The minimum Gasteiger partial charge on any atom is -0.370 e. The van der Waals surface area contributed by atoms with Gasteiger partial charge in [0.25, 0.3) is 0 Å². The first-order chi connectivity index (χ1) is 7.97. The number of urea groups is 1. The van der Waals surface area contributed by atoms with Crippen LogP contribution < -0.4 is 16.4 Å². The van der Waals surface area contributed by atoms with E-state index >= 15 is 0 Å². The molecule has 0 saturated carbocycles. The van der Waals surface area contributed by atoms with E-state index in [9.17, 15) is 4.79 Å². The van der Waals surface area contributed by atoms with Crippen molar-refractivity contribution < 1.29 is 4.79 Å². The maximum Gasteiger partial charge on any atom is 0.351 e. The summed E-state index contributed by atoms with van der Waals surface area (Å²) in [6.45, 7) is 6.30.